The zero-order chi connectivity index (χ0) is 13.5. The summed E-state index contributed by atoms with van der Waals surface area (Å²) in [5, 5.41) is 0.155. The second kappa shape index (κ2) is 4.79. The van der Waals surface area contributed by atoms with Crippen LogP contribution in [0.2, 0.25) is 5.02 Å². The third-order valence-electron chi connectivity index (χ3n) is 3.35. The van der Waals surface area contributed by atoms with Gasteiger partial charge in [-0.3, -0.25) is 0 Å². The Balaban J connectivity index is 2.33. The lowest BCUT2D eigenvalue weighted by Crippen LogP contribution is -2.18. The van der Waals surface area contributed by atoms with Crippen molar-refractivity contribution >= 4 is 38.6 Å². The van der Waals surface area contributed by atoms with Gasteiger partial charge in [0.05, 0.1) is 10.2 Å². The fraction of sp³-hybridized carbons (Fsp3) is 0.417. The van der Waals surface area contributed by atoms with Crippen molar-refractivity contribution in [3.8, 4) is 0 Å². The summed E-state index contributed by atoms with van der Waals surface area (Å²) in [7, 11) is -3.13. The van der Waals surface area contributed by atoms with Crippen molar-refractivity contribution in [2.24, 2.45) is 11.7 Å². The molecule has 1 aliphatic carbocycles. The molecule has 0 spiro atoms. The van der Waals surface area contributed by atoms with Gasteiger partial charge in [-0.1, -0.05) is 42.9 Å². The van der Waals surface area contributed by atoms with E-state index in [2.05, 4.69) is 0 Å². The zero-order valence-corrected chi connectivity index (χ0v) is 12.2. The largest absolute Gasteiger partial charge is 0.393 e. The van der Waals surface area contributed by atoms with Crippen LogP contribution in [0.15, 0.2) is 24.3 Å². The second-order valence-electron chi connectivity index (χ2n) is 4.42. The molecule has 1 aromatic rings. The first-order valence-electron chi connectivity index (χ1n) is 5.65. The summed E-state index contributed by atoms with van der Waals surface area (Å²) < 4.78 is 24.0. The second-order valence-corrected chi connectivity index (χ2v) is 7.78. The maximum absolute atomic E-state index is 12.0. The molecule has 1 aliphatic rings. The van der Waals surface area contributed by atoms with E-state index in [0.717, 1.165) is 5.56 Å². The van der Waals surface area contributed by atoms with Crippen molar-refractivity contribution < 1.29 is 8.42 Å². The minimum atomic E-state index is -3.13. The van der Waals surface area contributed by atoms with Crippen LogP contribution in [0.4, 0.5) is 0 Å². The van der Waals surface area contributed by atoms with Gasteiger partial charge in [0.25, 0.3) is 0 Å². The third kappa shape index (κ3) is 2.39. The highest BCUT2D eigenvalue weighted by atomic mass is 35.5. The smallest absolute Gasteiger partial charge is 0.154 e. The summed E-state index contributed by atoms with van der Waals surface area (Å²) in [6, 6.07) is 7.18. The van der Waals surface area contributed by atoms with Gasteiger partial charge in [-0.05, 0) is 17.7 Å². The lowest BCUT2D eigenvalue weighted by molar-refractivity contribution is 0.594. The van der Waals surface area contributed by atoms with Gasteiger partial charge in [-0.15, -0.1) is 0 Å². The molecule has 18 heavy (non-hydrogen) atoms. The van der Waals surface area contributed by atoms with Gasteiger partial charge in [0.15, 0.2) is 9.84 Å². The van der Waals surface area contributed by atoms with E-state index in [1.165, 1.54) is 0 Å². The van der Waals surface area contributed by atoms with Crippen molar-refractivity contribution in [3.63, 3.8) is 0 Å². The van der Waals surface area contributed by atoms with Crippen LogP contribution in [0.1, 0.15) is 18.4 Å². The van der Waals surface area contributed by atoms with E-state index in [9.17, 15) is 8.42 Å². The third-order valence-corrected chi connectivity index (χ3v) is 6.10. The summed E-state index contributed by atoms with van der Waals surface area (Å²) >= 11 is 10.8. The average Bonchev–Trinajstić information content (AvgIpc) is 3.06. The van der Waals surface area contributed by atoms with Gasteiger partial charge < -0.3 is 5.73 Å². The maximum atomic E-state index is 12.0. The summed E-state index contributed by atoms with van der Waals surface area (Å²) in [6.07, 6.45) is 0. The summed E-state index contributed by atoms with van der Waals surface area (Å²) in [5.74, 6) is -0.253. The van der Waals surface area contributed by atoms with Gasteiger partial charge in [0, 0.05) is 22.6 Å². The molecule has 0 heterocycles. The Kier molecular flexibility index (Phi) is 3.67. The van der Waals surface area contributed by atoms with Crippen LogP contribution < -0.4 is 5.73 Å². The molecular weight excluding hydrogens is 290 g/mol. The zero-order valence-electron chi connectivity index (χ0n) is 9.84. The van der Waals surface area contributed by atoms with Crippen LogP contribution in [0.5, 0.6) is 0 Å². The topological polar surface area (TPSA) is 60.2 Å². The van der Waals surface area contributed by atoms with Gasteiger partial charge in [0.2, 0.25) is 0 Å². The molecule has 0 unspecified atom stereocenters. The van der Waals surface area contributed by atoms with Crippen molar-refractivity contribution in [1.82, 2.24) is 0 Å². The van der Waals surface area contributed by atoms with E-state index >= 15 is 0 Å². The van der Waals surface area contributed by atoms with E-state index in [1.807, 2.05) is 12.1 Å². The Labute approximate surface area is 117 Å². The highest BCUT2D eigenvalue weighted by molar-refractivity contribution is 7.92. The number of sulfone groups is 1. The van der Waals surface area contributed by atoms with E-state index in [-0.39, 0.29) is 22.6 Å². The molecule has 0 saturated heterocycles. The van der Waals surface area contributed by atoms with E-state index in [4.69, 9.17) is 29.6 Å². The Hall–Kier alpha value is -0.650. The summed E-state index contributed by atoms with van der Waals surface area (Å²) in [4.78, 5) is 0.275. The first kappa shape index (κ1) is 13.8. The Morgan fingerprint density at radius 1 is 1.39 bits per heavy atom. The molecule has 1 fully saturated rings. The molecule has 0 radical (unpaired) electrons. The number of nitrogens with two attached hydrogens (primary N) is 1. The Morgan fingerprint density at radius 3 is 2.39 bits per heavy atom. The highest BCUT2D eigenvalue weighted by Crippen LogP contribution is 2.52. The van der Waals surface area contributed by atoms with Crippen LogP contribution in [0.25, 0.3) is 0 Å². The molecule has 2 rings (SSSR count). The average molecular weight is 304 g/mol. The first-order valence-corrected chi connectivity index (χ1v) is 8.15. The van der Waals surface area contributed by atoms with E-state index in [1.54, 1.807) is 19.1 Å². The molecular formula is C12H14ClNO2S2. The predicted molar refractivity (Wildman–Crippen MR) is 77.7 cm³/mol. The van der Waals surface area contributed by atoms with Gasteiger partial charge >= 0.3 is 0 Å². The van der Waals surface area contributed by atoms with Crippen LogP contribution >= 0.6 is 23.8 Å². The highest BCUT2D eigenvalue weighted by Gasteiger charge is 2.59. The molecule has 6 heteroatoms. The van der Waals surface area contributed by atoms with Gasteiger partial charge in [-0.2, -0.15) is 0 Å². The number of benzene rings is 1. The van der Waals surface area contributed by atoms with Crippen molar-refractivity contribution in [2.75, 3.05) is 5.75 Å². The van der Waals surface area contributed by atoms with E-state index in [0.29, 0.717) is 5.02 Å². The van der Waals surface area contributed by atoms with Crippen LogP contribution in [0, 0.1) is 5.92 Å². The lowest BCUT2D eigenvalue weighted by atomic mass is 10.1. The molecule has 3 nitrogen and oxygen atoms in total. The standard InChI is InChI=1S/C12H14ClNO2S2/c1-2-18(15,16)11-9(10(11)12(14)17)7-3-5-8(13)6-4-7/h3-6,9-11H,2H2,1H3,(H2,14,17)/t9-,10-,11+/m0/s1. The Bertz CT molecular complexity index is 568. The van der Waals surface area contributed by atoms with Crippen LogP contribution in [0.3, 0.4) is 0 Å². The first-order chi connectivity index (χ1) is 8.38. The molecule has 0 aromatic heterocycles. The van der Waals surface area contributed by atoms with Gasteiger partial charge in [0.1, 0.15) is 0 Å². The molecule has 3 atom stereocenters. The Morgan fingerprint density at radius 2 is 1.94 bits per heavy atom. The molecule has 0 aliphatic heterocycles. The van der Waals surface area contributed by atoms with E-state index < -0.39 is 15.1 Å². The summed E-state index contributed by atoms with van der Waals surface area (Å²) in [6.45, 7) is 1.64. The molecule has 1 aromatic carbocycles. The minimum Gasteiger partial charge on any atom is -0.393 e. The molecule has 98 valence electrons. The van der Waals surface area contributed by atoms with Crippen molar-refractivity contribution in [3.05, 3.63) is 34.9 Å². The number of thiocarbonyl (C=S) groups is 1. The van der Waals surface area contributed by atoms with Crippen LogP contribution in [-0.4, -0.2) is 24.4 Å². The predicted octanol–water partition coefficient (Wildman–Crippen LogP) is 2.14. The SMILES string of the molecule is CCS(=O)(=O)[C@H]1[C@@H](C(N)=S)[C@@H]1c1ccc(Cl)cc1. The normalized spacial score (nSPS) is 26.9. The van der Waals surface area contributed by atoms with Crippen molar-refractivity contribution in [1.29, 1.82) is 0 Å². The molecule has 2 N–H and O–H groups in total. The molecule has 1 saturated carbocycles. The molecule has 0 bridgehead atoms. The van der Waals surface area contributed by atoms with Crippen LogP contribution in [-0.2, 0) is 9.84 Å². The fourth-order valence-corrected chi connectivity index (χ4v) is 4.68. The number of halogens is 1. The van der Waals surface area contributed by atoms with Crippen molar-refractivity contribution in [2.45, 2.75) is 18.1 Å². The quantitative estimate of drug-likeness (QED) is 0.866. The minimum absolute atomic E-state index is 0.112. The van der Waals surface area contributed by atoms with Gasteiger partial charge in [-0.25, -0.2) is 8.42 Å². The fourth-order valence-electron chi connectivity index (χ4n) is 2.34. The number of rotatable bonds is 4. The number of hydrogen-bond acceptors (Lipinski definition) is 3. The summed E-state index contributed by atoms with van der Waals surface area (Å²) in [5.41, 5.74) is 6.57. The maximum Gasteiger partial charge on any atom is 0.154 e. The number of hydrogen-bond donors (Lipinski definition) is 1. The lowest BCUT2D eigenvalue weighted by Gasteiger charge is -2.00. The monoisotopic (exact) mass is 303 g/mol. The molecule has 0 amide bonds.